The minimum absolute atomic E-state index is 0.0173. The van der Waals surface area contributed by atoms with E-state index in [1.54, 1.807) is 12.4 Å². The Morgan fingerprint density at radius 1 is 1.54 bits per heavy atom. The number of hydrogen-bond acceptors (Lipinski definition) is 3. The van der Waals surface area contributed by atoms with Crippen LogP contribution in [-0.2, 0) is 0 Å². The van der Waals surface area contributed by atoms with Crippen molar-refractivity contribution in [1.82, 2.24) is 9.97 Å². The summed E-state index contributed by atoms with van der Waals surface area (Å²) < 4.78 is 0. The van der Waals surface area contributed by atoms with Gasteiger partial charge < -0.3 is 4.98 Å². The van der Waals surface area contributed by atoms with Gasteiger partial charge in [0.15, 0.2) is 0 Å². The lowest BCUT2D eigenvalue weighted by Gasteiger charge is -1.95. The van der Waals surface area contributed by atoms with Crippen molar-refractivity contribution in [3.8, 4) is 10.4 Å². The third-order valence-electron chi connectivity index (χ3n) is 1.75. The van der Waals surface area contributed by atoms with Gasteiger partial charge in [-0.1, -0.05) is 17.4 Å². The Morgan fingerprint density at radius 3 is 2.92 bits per heavy atom. The summed E-state index contributed by atoms with van der Waals surface area (Å²) >= 11 is 1.22. The van der Waals surface area contributed by atoms with Crippen molar-refractivity contribution < 1.29 is 0 Å². The number of nitrogens with zero attached hydrogens (tertiary/aromatic N) is 1. The molecule has 1 N–H and O–H groups in total. The first kappa shape index (κ1) is 8.19. The van der Waals surface area contributed by atoms with Crippen LogP contribution >= 0.6 is 11.3 Å². The molecule has 13 heavy (non-hydrogen) atoms. The zero-order valence-corrected chi connectivity index (χ0v) is 7.89. The first-order valence-electron chi connectivity index (χ1n) is 3.87. The number of rotatable bonds is 1. The molecule has 0 bridgehead atoms. The Labute approximate surface area is 79.1 Å². The quantitative estimate of drug-likeness (QED) is 0.749. The van der Waals surface area contributed by atoms with Gasteiger partial charge in [-0.15, -0.1) is 0 Å². The Balaban J connectivity index is 2.59. The second kappa shape index (κ2) is 3.14. The summed E-state index contributed by atoms with van der Waals surface area (Å²) in [7, 11) is 0. The van der Waals surface area contributed by atoms with Crippen LogP contribution in [0.4, 0.5) is 0 Å². The van der Waals surface area contributed by atoms with E-state index >= 15 is 0 Å². The summed E-state index contributed by atoms with van der Waals surface area (Å²) in [6.45, 7) is 1.89. The van der Waals surface area contributed by atoms with E-state index in [9.17, 15) is 4.79 Å². The fraction of sp³-hybridized carbons (Fsp3) is 0.111. The predicted molar refractivity (Wildman–Crippen MR) is 52.9 cm³/mol. The van der Waals surface area contributed by atoms with E-state index in [0.717, 1.165) is 16.1 Å². The van der Waals surface area contributed by atoms with Gasteiger partial charge in [0, 0.05) is 23.7 Å². The van der Waals surface area contributed by atoms with Gasteiger partial charge in [0.1, 0.15) is 0 Å². The number of hydrogen-bond donors (Lipinski definition) is 1. The largest absolute Gasteiger partial charge is 0.316 e. The Morgan fingerprint density at radius 2 is 2.38 bits per heavy atom. The van der Waals surface area contributed by atoms with Gasteiger partial charge in [0.25, 0.3) is 0 Å². The maximum atomic E-state index is 11.0. The molecule has 0 aliphatic heterocycles. The highest BCUT2D eigenvalue weighted by molar-refractivity contribution is 7.13. The highest BCUT2D eigenvalue weighted by Crippen LogP contribution is 2.23. The molecule has 2 rings (SSSR count). The van der Waals surface area contributed by atoms with E-state index in [2.05, 4.69) is 9.97 Å². The molecule has 0 aliphatic rings. The van der Waals surface area contributed by atoms with Crippen molar-refractivity contribution in [1.29, 1.82) is 0 Å². The van der Waals surface area contributed by atoms with E-state index < -0.39 is 0 Å². The topological polar surface area (TPSA) is 45.8 Å². The molecule has 0 amide bonds. The summed E-state index contributed by atoms with van der Waals surface area (Å²) in [5.74, 6) is 0. The third-order valence-corrected chi connectivity index (χ3v) is 2.78. The summed E-state index contributed by atoms with van der Waals surface area (Å²) in [5.41, 5.74) is 1.89. The molecule has 66 valence electrons. The minimum Gasteiger partial charge on any atom is -0.316 e. The van der Waals surface area contributed by atoms with Crippen LogP contribution in [0, 0.1) is 6.92 Å². The van der Waals surface area contributed by atoms with Gasteiger partial charge in [-0.2, -0.15) is 0 Å². The summed E-state index contributed by atoms with van der Waals surface area (Å²) in [5, 5.41) is 0. The van der Waals surface area contributed by atoms with Crippen molar-refractivity contribution in [3.63, 3.8) is 0 Å². The molecule has 4 heteroatoms. The van der Waals surface area contributed by atoms with Gasteiger partial charge in [-0.3, -0.25) is 9.78 Å². The number of aryl methyl sites for hydroxylation is 1. The number of aromatic amines is 1. The smallest absolute Gasteiger partial charge is 0.305 e. The van der Waals surface area contributed by atoms with Crippen molar-refractivity contribution >= 4 is 11.3 Å². The lowest BCUT2D eigenvalue weighted by Crippen LogP contribution is -1.91. The van der Waals surface area contributed by atoms with E-state index in [0.29, 0.717) is 0 Å². The van der Waals surface area contributed by atoms with Crippen LogP contribution in [0.2, 0.25) is 0 Å². The predicted octanol–water partition coefficient (Wildman–Crippen LogP) is 1.81. The average Bonchev–Trinajstić information content (AvgIpc) is 2.47. The van der Waals surface area contributed by atoms with Crippen molar-refractivity contribution in [2.24, 2.45) is 0 Å². The van der Waals surface area contributed by atoms with Crippen molar-refractivity contribution in [3.05, 3.63) is 39.9 Å². The van der Waals surface area contributed by atoms with Crippen LogP contribution in [-0.4, -0.2) is 9.97 Å². The molecule has 0 unspecified atom stereocenters. The highest BCUT2D eigenvalue weighted by atomic mass is 32.1. The van der Waals surface area contributed by atoms with Crippen LogP contribution in [0.15, 0.2) is 29.3 Å². The van der Waals surface area contributed by atoms with Gasteiger partial charge >= 0.3 is 4.87 Å². The van der Waals surface area contributed by atoms with E-state index in [-0.39, 0.29) is 4.87 Å². The molecule has 0 atom stereocenters. The highest BCUT2D eigenvalue weighted by Gasteiger charge is 2.05. The molecular formula is C9H8N2OS. The van der Waals surface area contributed by atoms with E-state index in [4.69, 9.17) is 0 Å². The third kappa shape index (κ3) is 1.53. The fourth-order valence-corrected chi connectivity index (χ4v) is 2.01. The van der Waals surface area contributed by atoms with Crippen LogP contribution < -0.4 is 4.87 Å². The second-order valence-corrected chi connectivity index (χ2v) is 3.69. The molecule has 2 aromatic rings. The lowest BCUT2D eigenvalue weighted by atomic mass is 10.2. The molecule has 0 radical (unpaired) electrons. The number of thiazole rings is 1. The Bertz CT molecular complexity index is 458. The number of H-pyrrole nitrogens is 1. The Hall–Kier alpha value is -1.42. The standard InChI is InChI=1S/C9H8N2OS/c1-6-8(13-9(12)11-6)7-3-2-4-10-5-7/h2-5H,1H3,(H,11,12). The van der Waals surface area contributed by atoms with Gasteiger partial charge in [0.2, 0.25) is 0 Å². The first-order chi connectivity index (χ1) is 6.27. The lowest BCUT2D eigenvalue weighted by molar-refractivity contribution is 1.22. The molecular weight excluding hydrogens is 184 g/mol. The summed E-state index contributed by atoms with van der Waals surface area (Å²) in [4.78, 5) is 18.7. The molecule has 0 saturated heterocycles. The Kier molecular flexibility index (Phi) is 1.98. The van der Waals surface area contributed by atoms with Gasteiger partial charge in [-0.05, 0) is 13.0 Å². The summed E-state index contributed by atoms with van der Waals surface area (Å²) in [6.07, 6.45) is 3.47. The molecule has 2 heterocycles. The van der Waals surface area contributed by atoms with Crippen LogP contribution in [0.25, 0.3) is 10.4 Å². The zero-order valence-electron chi connectivity index (χ0n) is 7.07. The zero-order chi connectivity index (χ0) is 9.26. The molecule has 0 fully saturated rings. The molecule has 0 saturated carbocycles. The monoisotopic (exact) mass is 192 g/mol. The number of nitrogens with one attached hydrogen (secondary N) is 1. The fourth-order valence-electron chi connectivity index (χ4n) is 1.18. The van der Waals surface area contributed by atoms with Crippen LogP contribution in [0.1, 0.15) is 5.69 Å². The van der Waals surface area contributed by atoms with Gasteiger partial charge in [-0.25, -0.2) is 0 Å². The van der Waals surface area contributed by atoms with Crippen molar-refractivity contribution in [2.75, 3.05) is 0 Å². The minimum atomic E-state index is -0.0173. The maximum Gasteiger partial charge on any atom is 0.305 e. The molecule has 3 nitrogen and oxygen atoms in total. The second-order valence-electron chi connectivity index (χ2n) is 2.71. The molecule has 0 spiro atoms. The SMILES string of the molecule is Cc1[nH]c(=O)sc1-c1cccnc1. The van der Waals surface area contributed by atoms with E-state index in [1.807, 2.05) is 19.1 Å². The molecule has 2 aromatic heterocycles. The number of aromatic nitrogens is 2. The van der Waals surface area contributed by atoms with Crippen LogP contribution in [0.5, 0.6) is 0 Å². The first-order valence-corrected chi connectivity index (χ1v) is 4.69. The number of pyridine rings is 1. The molecule has 0 aromatic carbocycles. The van der Waals surface area contributed by atoms with Crippen molar-refractivity contribution in [2.45, 2.75) is 6.92 Å². The normalized spacial score (nSPS) is 10.2. The maximum absolute atomic E-state index is 11.0. The molecule has 0 aliphatic carbocycles. The summed E-state index contributed by atoms with van der Waals surface area (Å²) in [6, 6.07) is 3.80. The average molecular weight is 192 g/mol. The van der Waals surface area contributed by atoms with Crippen LogP contribution in [0.3, 0.4) is 0 Å². The van der Waals surface area contributed by atoms with Gasteiger partial charge in [0.05, 0.1) is 4.88 Å². The van der Waals surface area contributed by atoms with E-state index in [1.165, 1.54) is 11.3 Å².